The average Bonchev–Trinajstić information content (AvgIpc) is 2.49. The Morgan fingerprint density at radius 3 is 2.86 bits per heavy atom. The van der Waals surface area contributed by atoms with Crippen molar-refractivity contribution in [2.75, 3.05) is 0 Å². The Labute approximate surface area is 135 Å². The Hall–Kier alpha value is 0.945. The van der Waals surface area contributed by atoms with E-state index < -0.39 is 0 Å². The first-order valence-electron chi connectivity index (χ1n) is 4.64. The Kier molecular flexibility index (Phi) is 6.95. The van der Waals surface area contributed by atoms with E-state index >= 15 is 0 Å². The molecule has 0 saturated heterocycles. The standard InChI is InChI=1S/C9H15N3.CH3.Rb/c1-7(2)8-3-4-9-11-10-6-12(9)5-8;;/h6-8H,3-5H2,1-2H3;1H3;/q;-1;+1. The third kappa shape index (κ3) is 3.22. The van der Waals surface area contributed by atoms with Crippen LogP contribution >= 0.6 is 0 Å². The second-order valence-corrected chi connectivity index (χ2v) is 3.94. The normalized spacial score (nSPS) is 19.5. The predicted molar refractivity (Wildman–Crippen MR) is 53.1 cm³/mol. The molecule has 0 N–H and O–H groups in total. The summed E-state index contributed by atoms with van der Waals surface area (Å²) in [6.07, 6.45) is 4.23. The van der Waals surface area contributed by atoms with Crippen molar-refractivity contribution in [3.05, 3.63) is 19.6 Å². The van der Waals surface area contributed by atoms with E-state index in [1.54, 1.807) is 0 Å². The number of hydrogen-bond donors (Lipinski definition) is 0. The maximum Gasteiger partial charge on any atom is 1.00 e. The molecule has 0 amide bonds. The first-order chi connectivity index (χ1) is 5.77. The van der Waals surface area contributed by atoms with Gasteiger partial charge < -0.3 is 12.0 Å². The monoisotopic (exact) mass is 265 g/mol. The number of aryl methyl sites for hydroxylation is 1. The molecule has 1 aliphatic heterocycles. The largest absolute Gasteiger partial charge is 1.00 e. The minimum atomic E-state index is 0. The summed E-state index contributed by atoms with van der Waals surface area (Å²) >= 11 is 0. The molecule has 2 heterocycles. The van der Waals surface area contributed by atoms with Crippen LogP contribution in [0.25, 0.3) is 0 Å². The van der Waals surface area contributed by atoms with Crippen molar-refractivity contribution in [2.24, 2.45) is 11.8 Å². The number of hydrogen-bond acceptors (Lipinski definition) is 2. The van der Waals surface area contributed by atoms with Gasteiger partial charge in [0.2, 0.25) is 0 Å². The maximum atomic E-state index is 4.06. The van der Waals surface area contributed by atoms with Crippen molar-refractivity contribution in [3.8, 4) is 0 Å². The van der Waals surface area contributed by atoms with Gasteiger partial charge in [-0.1, -0.05) is 13.8 Å². The van der Waals surface area contributed by atoms with E-state index in [0.29, 0.717) is 0 Å². The molecule has 1 aromatic rings. The molecule has 4 heteroatoms. The van der Waals surface area contributed by atoms with Gasteiger partial charge in [0.05, 0.1) is 0 Å². The summed E-state index contributed by atoms with van der Waals surface area (Å²) in [6, 6.07) is 0. The van der Waals surface area contributed by atoms with Crippen molar-refractivity contribution in [2.45, 2.75) is 33.2 Å². The van der Waals surface area contributed by atoms with Crippen LogP contribution in [0.2, 0.25) is 0 Å². The molecule has 1 aromatic heterocycles. The van der Waals surface area contributed by atoms with Crippen molar-refractivity contribution in [1.29, 1.82) is 0 Å². The molecule has 1 unspecified atom stereocenters. The van der Waals surface area contributed by atoms with Crippen LogP contribution in [0.1, 0.15) is 26.1 Å². The molecule has 0 aromatic carbocycles. The smallest absolute Gasteiger partial charge is 0.358 e. The van der Waals surface area contributed by atoms with Crippen LogP contribution in [0.4, 0.5) is 0 Å². The van der Waals surface area contributed by atoms with Gasteiger partial charge in [-0.2, -0.15) is 0 Å². The molecule has 0 bridgehead atoms. The Bertz CT molecular complexity index is 270. The molecule has 0 aliphatic carbocycles. The SMILES string of the molecule is CC(C)C1CCc2nncn2C1.[CH3-].[Rb+]. The van der Waals surface area contributed by atoms with Gasteiger partial charge >= 0.3 is 58.2 Å². The van der Waals surface area contributed by atoms with E-state index in [0.717, 1.165) is 30.6 Å². The second-order valence-electron chi connectivity index (χ2n) is 3.94. The summed E-state index contributed by atoms with van der Waals surface area (Å²) < 4.78 is 2.19. The van der Waals surface area contributed by atoms with Crippen LogP contribution in [0, 0.1) is 19.3 Å². The molecule has 14 heavy (non-hydrogen) atoms. The van der Waals surface area contributed by atoms with Gasteiger partial charge in [0, 0.05) is 13.0 Å². The molecular weight excluding hydrogens is 248 g/mol. The summed E-state index contributed by atoms with van der Waals surface area (Å²) in [5.41, 5.74) is 0. The van der Waals surface area contributed by atoms with E-state index in [2.05, 4.69) is 28.6 Å². The first-order valence-corrected chi connectivity index (χ1v) is 4.64. The minimum Gasteiger partial charge on any atom is -0.358 e. The Morgan fingerprint density at radius 1 is 1.50 bits per heavy atom. The van der Waals surface area contributed by atoms with Crippen LogP contribution < -0.4 is 58.2 Å². The quantitative estimate of drug-likeness (QED) is 0.607. The van der Waals surface area contributed by atoms with Crippen molar-refractivity contribution >= 4 is 0 Å². The molecule has 1 aliphatic rings. The molecule has 0 saturated carbocycles. The van der Waals surface area contributed by atoms with Crippen LogP contribution in [0.3, 0.4) is 0 Å². The molecule has 2 rings (SSSR count). The molecule has 0 spiro atoms. The Morgan fingerprint density at radius 2 is 2.21 bits per heavy atom. The number of rotatable bonds is 1. The van der Waals surface area contributed by atoms with Crippen LogP contribution in [-0.4, -0.2) is 14.8 Å². The van der Waals surface area contributed by atoms with Gasteiger partial charge in [-0.15, -0.1) is 10.2 Å². The van der Waals surface area contributed by atoms with Gasteiger partial charge in [0.1, 0.15) is 12.2 Å². The minimum absolute atomic E-state index is 0. The molecule has 1 atom stereocenters. The third-order valence-corrected chi connectivity index (χ3v) is 2.81. The van der Waals surface area contributed by atoms with Crippen LogP contribution in [0.15, 0.2) is 6.33 Å². The van der Waals surface area contributed by atoms with Gasteiger partial charge in [-0.05, 0) is 18.3 Å². The fourth-order valence-electron chi connectivity index (χ4n) is 1.83. The van der Waals surface area contributed by atoms with E-state index in [9.17, 15) is 0 Å². The van der Waals surface area contributed by atoms with Crippen molar-refractivity contribution in [3.63, 3.8) is 0 Å². The molecule has 0 fully saturated rings. The zero-order valence-electron chi connectivity index (χ0n) is 9.70. The first kappa shape index (κ1) is 14.9. The molecule has 74 valence electrons. The second kappa shape index (κ2) is 6.51. The Balaban J connectivity index is 0.000000845. The molecular formula is C10H18N3Rb. The van der Waals surface area contributed by atoms with Crippen molar-refractivity contribution < 1.29 is 58.2 Å². The number of fused-ring (bicyclic) bond motifs is 1. The fraction of sp³-hybridized carbons (Fsp3) is 0.700. The summed E-state index contributed by atoms with van der Waals surface area (Å²) in [7, 11) is 0. The van der Waals surface area contributed by atoms with Gasteiger partial charge in [-0.25, -0.2) is 0 Å². The summed E-state index contributed by atoms with van der Waals surface area (Å²) in [5, 5.41) is 7.97. The van der Waals surface area contributed by atoms with E-state index in [4.69, 9.17) is 0 Å². The molecule has 3 nitrogen and oxygen atoms in total. The number of nitrogens with zero attached hydrogens (tertiary/aromatic N) is 3. The maximum absolute atomic E-state index is 4.06. The van der Waals surface area contributed by atoms with Gasteiger partial charge in [-0.3, -0.25) is 0 Å². The van der Waals surface area contributed by atoms with Crippen LogP contribution in [-0.2, 0) is 13.0 Å². The van der Waals surface area contributed by atoms with Crippen LogP contribution in [0.5, 0.6) is 0 Å². The molecule has 0 radical (unpaired) electrons. The topological polar surface area (TPSA) is 30.7 Å². The van der Waals surface area contributed by atoms with E-state index in [1.165, 1.54) is 6.42 Å². The fourth-order valence-corrected chi connectivity index (χ4v) is 1.83. The van der Waals surface area contributed by atoms with E-state index in [-0.39, 0.29) is 65.6 Å². The zero-order valence-corrected chi connectivity index (χ0v) is 14.6. The van der Waals surface area contributed by atoms with Crippen molar-refractivity contribution in [1.82, 2.24) is 14.8 Å². The number of aromatic nitrogens is 3. The summed E-state index contributed by atoms with van der Waals surface area (Å²) in [4.78, 5) is 0. The van der Waals surface area contributed by atoms with Gasteiger partial charge in [0.15, 0.2) is 0 Å². The third-order valence-electron chi connectivity index (χ3n) is 2.81. The predicted octanol–water partition coefficient (Wildman–Crippen LogP) is -1.05. The average molecular weight is 266 g/mol. The van der Waals surface area contributed by atoms with Gasteiger partial charge in [0.25, 0.3) is 0 Å². The summed E-state index contributed by atoms with van der Waals surface area (Å²) in [6.45, 7) is 5.69. The zero-order chi connectivity index (χ0) is 8.55. The summed E-state index contributed by atoms with van der Waals surface area (Å²) in [5.74, 6) is 2.75. The van der Waals surface area contributed by atoms with E-state index in [1.807, 2.05) is 6.33 Å².